The number of aliphatic carboxylic acids is 1. The third kappa shape index (κ3) is 4.10. The van der Waals surface area contributed by atoms with Crippen molar-refractivity contribution in [2.24, 2.45) is 0 Å². The molecule has 0 saturated carbocycles. The van der Waals surface area contributed by atoms with Crippen LogP contribution in [0.25, 0.3) is 0 Å². The van der Waals surface area contributed by atoms with Crippen molar-refractivity contribution in [1.82, 2.24) is 10.2 Å². The lowest BCUT2D eigenvalue weighted by molar-refractivity contribution is -0.137. The molecule has 94 valence electrons. The van der Waals surface area contributed by atoms with Crippen LogP contribution in [0.1, 0.15) is 40.5 Å². The van der Waals surface area contributed by atoms with E-state index in [2.05, 4.69) is 37.9 Å². The van der Waals surface area contributed by atoms with Crippen molar-refractivity contribution in [2.75, 3.05) is 13.1 Å². The van der Waals surface area contributed by atoms with E-state index in [1.165, 1.54) is 0 Å². The van der Waals surface area contributed by atoms with Gasteiger partial charge in [-0.2, -0.15) is 0 Å². The lowest BCUT2D eigenvalue weighted by Gasteiger charge is -2.36. The minimum absolute atomic E-state index is 0.0641. The minimum Gasteiger partial charge on any atom is -0.481 e. The van der Waals surface area contributed by atoms with Crippen LogP contribution in [0.2, 0.25) is 0 Å². The highest BCUT2D eigenvalue weighted by Crippen LogP contribution is 2.18. The van der Waals surface area contributed by atoms with E-state index in [0.717, 1.165) is 19.5 Å². The zero-order chi connectivity index (χ0) is 12.3. The third-order valence-electron chi connectivity index (χ3n) is 3.16. The molecule has 0 aliphatic carbocycles. The fourth-order valence-electron chi connectivity index (χ4n) is 2.19. The second kappa shape index (κ2) is 5.15. The van der Waals surface area contributed by atoms with E-state index in [0.29, 0.717) is 6.04 Å². The molecular formula is C12H24N2O2. The summed E-state index contributed by atoms with van der Waals surface area (Å²) in [7, 11) is 0. The number of carbonyl (C=O) groups is 1. The van der Waals surface area contributed by atoms with Gasteiger partial charge in [0.1, 0.15) is 0 Å². The van der Waals surface area contributed by atoms with Crippen LogP contribution in [0.15, 0.2) is 0 Å². The summed E-state index contributed by atoms with van der Waals surface area (Å²) in [5, 5.41) is 12.3. The van der Waals surface area contributed by atoms with E-state index in [9.17, 15) is 4.79 Å². The zero-order valence-corrected chi connectivity index (χ0v) is 10.8. The summed E-state index contributed by atoms with van der Waals surface area (Å²) in [6.45, 7) is 10.5. The summed E-state index contributed by atoms with van der Waals surface area (Å²) in [6, 6.07) is 0.464. The predicted octanol–water partition coefficient (Wildman–Crippen LogP) is 1.31. The van der Waals surface area contributed by atoms with Crippen LogP contribution in [0.3, 0.4) is 0 Å². The first-order valence-electron chi connectivity index (χ1n) is 6.02. The van der Waals surface area contributed by atoms with E-state index < -0.39 is 5.97 Å². The second-order valence-electron chi connectivity index (χ2n) is 5.77. The summed E-state index contributed by atoms with van der Waals surface area (Å²) in [4.78, 5) is 13.2. The van der Waals surface area contributed by atoms with E-state index in [1.807, 2.05) is 0 Å². The molecule has 4 nitrogen and oxygen atoms in total. The number of nitrogens with one attached hydrogen (secondary N) is 1. The fraction of sp³-hybridized carbons (Fsp3) is 0.917. The van der Waals surface area contributed by atoms with Gasteiger partial charge < -0.3 is 10.4 Å². The highest BCUT2D eigenvalue weighted by molar-refractivity contribution is 5.67. The minimum atomic E-state index is -0.722. The SMILES string of the molecule is CC1CCN(C(C)(C)C)CC(CC(=O)O)N1. The number of rotatable bonds is 2. The first kappa shape index (κ1) is 13.5. The Hall–Kier alpha value is -0.610. The van der Waals surface area contributed by atoms with Crippen molar-refractivity contribution in [3.63, 3.8) is 0 Å². The van der Waals surface area contributed by atoms with Crippen molar-refractivity contribution >= 4 is 5.97 Å². The summed E-state index contributed by atoms with van der Waals surface area (Å²) in [6.07, 6.45) is 1.28. The molecule has 0 spiro atoms. The maximum atomic E-state index is 10.8. The molecule has 1 aliphatic heterocycles. The summed E-state index contributed by atoms with van der Waals surface area (Å²) in [5.41, 5.74) is 0.114. The van der Waals surface area contributed by atoms with Gasteiger partial charge in [-0.3, -0.25) is 9.69 Å². The molecule has 16 heavy (non-hydrogen) atoms. The Labute approximate surface area is 98.0 Å². The third-order valence-corrected chi connectivity index (χ3v) is 3.16. The number of carboxylic acids is 1. The van der Waals surface area contributed by atoms with Crippen molar-refractivity contribution < 1.29 is 9.90 Å². The average Bonchev–Trinajstić information content (AvgIpc) is 2.24. The van der Waals surface area contributed by atoms with Gasteiger partial charge in [-0.1, -0.05) is 0 Å². The highest BCUT2D eigenvalue weighted by atomic mass is 16.4. The van der Waals surface area contributed by atoms with E-state index >= 15 is 0 Å². The second-order valence-corrected chi connectivity index (χ2v) is 5.77. The Balaban J connectivity index is 2.67. The number of nitrogens with zero attached hydrogens (tertiary/aromatic N) is 1. The first-order chi connectivity index (χ1) is 7.29. The molecule has 1 saturated heterocycles. The molecule has 0 aromatic heterocycles. The number of carboxylic acid groups (broad SMARTS) is 1. The Morgan fingerprint density at radius 3 is 2.62 bits per heavy atom. The standard InChI is InChI=1S/C12H24N2O2/c1-9-5-6-14(12(2,3)4)8-10(13-9)7-11(15)16/h9-10,13H,5-8H2,1-4H3,(H,15,16). The summed E-state index contributed by atoms with van der Waals surface area (Å²) >= 11 is 0. The average molecular weight is 228 g/mol. The van der Waals surface area contributed by atoms with Gasteiger partial charge in [-0.05, 0) is 34.1 Å². The van der Waals surface area contributed by atoms with E-state index in [4.69, 9.17) is 5.11 Å². The Morgan fingerprint density at radius 2 is 2.12 bits per heavy atom. The molecule has 0 amide bonds. The maximum absolute atomic E-state index is 10.8. The molecular weight excluding hydrogens is 204 g/mol. The molecule has 0 aromatic rings. The molecule has 1 rings (SSSR count). The quantitative estimate of drug-likeness (QED) is 0.748. The molecule has 0 bridgehead atoms. The smallest absolute Gasteiger partial charge is 0.304 e. The van der Waals surface area contributed by atoms with Crippen LogP contribution < -0.4 is 5.32 Å². The molecule has 0 radical (unpaired) electrons. The number of hydrogen-bond donors (Lipinski definition) is 2. The van der Waals surface area contributed by atoms with Crippen LogP contribution in [-0.4, -0.2) is 46.7 Å². The van der Waals surface area contributed by atoms with Crippen molar-refractivity contribution in [3.05, 3.63) is 0 Å². The highest BCUT2D eigenvalue weighted by Gasteiger charge is 2.29. The van der Waals surface area contributed by atoms with Crippen LogP contribution in [0.4, 0.5) is 0 Å². The molecule has 1 aliphatic rings. The largest absolute Gasteiger partial charge is 0.481 e. The lowest BCUT2D eigenvalue weighted by atomic mass is 10.0. The fourth-order valence-corrected chi connectivity index (χ4v) is 2.19. The predicted molar refractivity (Wildman–Crippen MR) is 64.6 cm³/mol. The van der Waals surface area contributed by atoms with Crippen molar-refractivity contribution in [3.8, 4) is 0 Å². The van der Waals surface area contributed by atoms with Gasteiger partial charge in [0.15, 0.2) is 0 Å². The van der Waals surface area contributed by atoms with Crippen molar-refractivity contribution in [1.29, 1.82) is 0 Å². The maximum Gasteiger partial charge on any atom is 0.304 e. The molecule has 2 atom stereocenters. The van der Waals surface area contributed by atoms with E-state index in [-0.39, 0.29) is 18.0 Å². The lowest BCUT2D eigenvalue weighted by Crippen LogP contribution is -2.47. The molecule has 2 N–H and O–H groups in total. The number of hydrogen-bond acceptors (Lipinski definition) is 3. The van der Waals surface area contributed by atoms with Crippen LogP contribution >= 0.6 is 0 Å². The van der Waals surface area contributed by atoms with Crippen LogP contribution in [0, 0.1) is 0 Å². The monoisotopic (exact) mass is 228 g/mol. The normalized spacial score (nSPS) is 28.8. The van der Waals surface area contributed by atoms with Gasteiger partial charge in [0.05, 0.1) is 6.42 Å². The summed E-state index contributed by atoms with van der Waals surface area (Å²) in [5.74, 6) is -0.722. The molecule has 2 unspecified atom stereocenters. The molecule has 1 heterocycles. The topological polar surface area (TPSA) is 52.6 Å². The van der Waals surface area contributed by atoms with E-state index in [1.54, 1.807) is 0 Å². The summed E-state index contributed by atoms with van der Waals surface area (Å²) < 4.78 is 0. The molecule has 1 fully saturated rings. The van der Waals surface area contributed by atoms with Gasteiger partial charge in [0, 0.05) is 30.7 Å². The van der Waals surface area contributed by atoms with Crippen molar-refractivity contribution in [2.45, 2.75) is 58.2 Å². The Bertz CT molecular complexity index is 248. The van der Waals surface area contributed by atoms with Crippen LogP contribution in [0.5, 0.6) is 0 Å². The van der Waals surface area contributed by atoms with Gasteiger partial charge in [0.2, 0.25) is 0 Å². The Morgan fingerprint density at radius 1 is 1.50 bits per heavy atom. The Kier molecular flexibility index (Phi) is 4.33. The van der Waals surface area contributed by atoms with Gasteiger partial charge in [-0.15, -0.1) is 0 Å². The first-order valence-corrected chi connectivity index (χ1v) is 6.02. The molecule has 4 heteroatoms. The zero-order valence-electron chi connectivity index (χ0n) is 10.8. The van der Waals surface area contributed by atoms with Gasteiger partial charge in [-0.25, -0.2) is 0 Å². The van der Waals surface area contributed by atoms with Gasteiger partial charge >= 0.3 is 5.97 Å². The van der Waals surface area contributed by atoms with Gasteiger partial charge in [0.25, 0.3) is 0 Å². The molecule has 0 aromatic carbocycles. The van der Waals surface area contributed by atoms with Crippen LogP contribution in [-0.2, 0) is 4.79 Å².